The van der Waals surface area contributed by atoms with Crippen LogP contribution in [0.1, 0.15) is 53.4 Å². The fourth-order valence-electron chi connectivity index (χ4n) is 4.24. The average Bonchev–Trinajstić information content (AvgIpc) is 3.22. The first-order valence-electron chi connectivity index (χ1n) is 9.15. The van der Waals surface area contributed by atoms with Crippen LogP contribution in [0.5, 0.6) is 11.5 Å². The van der Waals surface area contributed by atoms with Crippen LogP contribution < -0.4 is 14.8 Å². The molecule has 6 nitrogen and oxygen atoms in total. The Kier molecular flexibility index (Phi) is 4.73. The van der Waals surface area contributed by atoms with Gasteiger partial charge in [0, 0.05) is 17.4 Å². The Morgan fingerprint density at radius 1 is 1.19 bits per heavy atom. The van der Waals surface area contributed by atoms with E-state index in [1.807, 2.05) is 12.1 Å². The van der Waals surface area contributed by atoms with Crippen molar-refractivity contribution in [2.45, 2.75) is 49.6 Å². The SMILES string of the molecule is COc1ccc2c(c1OC)C(=O)N1[C@@H](C(=O)NC3CCCCC3)CS[C@H]21. The summed E-state index contributed by atoms with van der Waals surface area (Å²) in [5, 5.41) is 3.04. The molecule has 1 aromatic rings. The third kappa shape index (κ3) is 2.73. The molecule has 2 heterocycles. The second-order valence-corrected chi connectivity index (χ2v) is 8.14. The fourth-order valence-corrected chi connectivity index (χ4v) is 5.69. The number of hydrogen-bond acceptors (Lipinski definition) is 5. The number of hydrogen-bond donors (Lipinski definition) is 1. The molecule has 7 heteroatoms. The van der Waals surface area contributed by atoms with Crippen LogP contribution in [0.25, 0.3) is 0 Å². The third-order valence-electron chi connectivity index (χ3n) is 5.55. The van der Waals surface area contributed by atoms with Gasteiger partial charge in [0.15, 0.2) is 11.5 Å². The largest absolute Gasteiger partial charge is 0.493 e. The van der Waals surface area contributed by atoms with Crippen molar-refractivity contribution in [2.24, 2.45) is 0 Å². The van der Waals surface area contributed by atoms with E-state index in [0.717, 1.165) is 31.2 Å². The smallest absolute Gasteiger partial charge is 0.260 e. The highest BCUT2D eigenvalue weighted by Gasteiger charge is 2.50. The molecule has 2 atom stereocenters. The van der Waals surface area contributed by atoms with Crippen molar-refractivity contribution in [1.82, 2.24) is 10.2 Å². The molecular formula is C19H24N2O4S. The monoisotopic (exact) mass is 376 g/mol. The molecule has 26 heavy (non-hydrogen) atoms. The summed E-state index contributed by atoms with van der Waals surface area (Å²) < 4.78 is 10.8. The number of nitrogens with zero attached hydrogens (tertiary/aromatic N) is 1. The maximum atomic E-state index is 13.1. The molecule has 1 aliphatic carbocycles. The van der Waals surface area contributed by atoms with E-state index in [1.165, 1.54) is 13.5 Å². The van der Waals surface area contributed by atoms with Crippen LogP contribution in [0, 0.1) is 0 Å². The molecule has 1 saturated carbocycles. The Morgan fingerprint density at radius 2 is 1.96 bits per heavy atom. The van der Waals surface area contributed by atoms with Gasteiger partial charge in [-0.2, -0.15) is 0 Å². The summed E-state index contributed by atoms with van der Waals surface area (Å²) in [7, 11) is 3.09. The fraction of sp³-hybridized carbons (Fsp3) is 0.579. The Bertz CT molecular complexity index is 732. The summed E-state index contributed by atoms with van der Waals surface area (Å²) in [6.07, 6.45) is 5.65. The van der Waals surface area contributed by atoms with E-state index in [-0.39, 0.29) is 23.2 Å². The maximum absolute atomic E-state index is 13.1. The number of nitrogens with one attached hydrogen (secondary N) is 1. The standard InChI is InChI=1S/C19H24N2O4S/c1-24-14-9-8-12-15(16(14)25-2)18(23)21-13(10-26-19(12)21)17(22)20-11-6-4-3-5-7-11/h8-9,11,13,19H,3-7,10H2,1-2H3,(H,20,22)/t13-,19-/m1/s1. The van der Waals surface area contributed by atoms with Gasteiger partial charge >= 0.3 is 0 Å². The maximum Gasteiger partial charge on any atom is 0.260 e. The second-order valence-electron chi connectivity index (χ2n) is 7.02. The Balaban J connectivity index is 1.58. The molecule has 4 rings (SSSR count). The highest BCUT2D eigenvalue weighted by molar-refractivity contribution is 7.99. The molecule has 3 aliphatic rings. The minimum Gasteiger partial charge on any atom is -0.493 e. The van der Waals surface area contributed by atoms with Gasteiger partial charge in [-0.15, -0.1) is 11.8 Å². The molecule has 140 valence electrons. The second kappa shape index (κ2) is 7.02. The molecule has 2 amide bonds. The lowest BCUT2D eigenvalue weighted by Crippen LogP contribution is -2.49. The van der Waals surface area contributed by atoms with E-state index in [0.29, 0.717) is 22.8 Å². The van der Waals surface area contributed by atoms with Gasteiger partial charge in [-0.25, -0.2) is 0 Å². The van der Waals surface area contributed by atoms with Crippen LogP contribution in [-0.2, 0) is 4.79 Å². The molecule has 2 fully saturated rings. The van der Waals surface area contributed by atoms with Gasteiger partial charge in [0.25, 0.3) is 5.91 Å². The van der Waals surface area contributed by atoms with Crippen LogP contribution in [0.15, 0.2) is 12.1 Å². The summed E-state index contributed by atoms with van der Waals surface area (Å²) in [6, 6.07) is 3.55. The molecule has 1 N–H and O–H groups in total. The predicted molar refractivity (Wildman–Crippen MR) is 99.7 cm³/mol. The number of benzene rings is 1. The molecule has 1 saturated heterocycles. The zero-order valence-corrected chi connectivity index (χ0v) is 15.9. The number of fused-ring (bicyclic) bond motifs is 3. The van der Waals surface area contributed by atoms with Gasteiger partial charge in [-0.3, -0.25) is 9.59 Å². The minimum atomic E-state index is -0.428. The van der Waals surface area contributed by atoms with E-state index in [2.05, 4.69) is 5.32 Å². The van der Waals surface area contributed by atoms with Gasteiger partial charge < -0.3 is 19.7 Å². The first kappa shape index (κ1) is 17.5. The zero-order chi connectivity index (χ0) is 18.3. The predicted octanol–water partition coefficient (Wildman–Crippen LogP) is 2.72. The van der Waals surface area contributed by atoms with Gasteiger partial charge in [0.05, 0.1) is 19.8 Å². The lowest BCUT2D eigenvalue weighted by Gasteiger charge is -2.27. The van der Waals surface area contributed by atoms with E-state index in [1.54, 1.807) is 23.8 Å². The molecule has 1 aromatic carbocycles. The minimum absolute atomic E-state index is 0.0287. The number of rotatable bonds is 4. The number of methoxy groups -OCH3 is 2. The number of carbonyl (C=O) groups is 2. The van der Waals surface area contributed by atoms with E-state index in [4.69, 9.17) is 9.47 Å². The topological polar surface area (TPSA) is 67.9 Å². The first-order valence-corrected chi connectivity index (χ1v) is 10.2. The number of amides is 2. The summed E-state index contributed by atoms with van der Waals surface area (Å²) in [5.41, 5.74) is 1.44. The summed E-state index contributed by atoms with van der Waals surface area (Å²) >= 11 is 1.64. The van der Waals surface area contributed by atoms with Crippen molar-refractivity contribution in [1.29, 1.82) is 0 Å². The van der Waals surface area contributed by atoms with E-state index >= 15 is 0 Å². The zero-order valence-electron chi connectivity index (χ0n) is 15.1. The number of carbonyl (C=O) groups excluding carboxylic acids is 2. The molecule has 0 unspecified atom stereocenters. The summed E-state index contributed by atoms with van der Waals surface area (Å²) in [5.74, 6) is 1.45. The van der Waals surface area contributed by atoms with Crippen molar-refractivity contribution >= 4 is 23.6 Å². The average molecular weight is 376 g/mol. The van der Waals surface area contributed by atoms with Gasteiger partial charge in [0.2, 0.25) is 5.91 Å². The van der Waals surface area contributed by atoms with Crippen LogP contribution >= 0.6 is 11.8 Å². The Hall–Kier alpha value is -1.89. The van der Waals surface area contributed by atoms with Crippen molar-refractivity contribution in [3.05, 3.63) is 23.3 Å². The molecule has 0 aromatic heterocycles. The van der Waals surface area contributed by atoms with Crippen LogP contribution in [0.4, 0.5) is 0 Å². The molecule has 0 bridgehead atoms. The van der Waals surface area contributed by atoms with Crippen molar-refractivity contribution < 1.29 is 19.1 Å². The van der Waals surface area contributed by atoms with E-state index in [9.17, 15) is 9.59 Å². The summed E-state index contributed by atoms with van der Waals surface area (Å²) in [4.78, 5) is 27.7. The molecule has 2 aliphatic heterocycles. The van der Waals surface area contributed by atoms with Gasteiger partial charge in [-0.05, 0) is 18.9 Å². The Morgan fingerprint density at radius 3 is 2.65 bits per heavy atom. The van der Waals surface area contributed by atoms with Crippen LogP contribution in [-0.4, -0.2) is 48.8 Å². The van der Waals surface area contributed by atoms with Crippen molar-refractivity contribution in [3.8, 4) is 11.5 Å². The van der Waals surface area contributed by atoms with Crippen molar-refractivity contribution in [3.63, 3.8) is 0 Å². The van der Waals surface area contributed by atoms with Crippen molar-refractivity contribution in [2.75, 3.05) is 20.0 Å². The molecule has 0 radical (unpaired) electrons. The lowest BCUT2D eigenvalue weighted by atomic mass is 9.95. The lowest BCUT2D eigenvalue weighted by molar-refractivity contribution is -0.125. The molecule has 0 spiro atoms. The Labute approximate surface area is 157 Å². The number of thioether (sulfide) groups is 1. The van der Waals surface area contributed by atoms with E-state index < -0.39 is 6.04 Å². The first-order chi connectivity index (χ1) is 12.7. The summed E-state index contributed by atoms with van der Waals surface area (Å²) in [6.45, 7) is 0. The molecular weight excluding hydrogens is 352 g/mol. The normalized spacial score (nSPS) is 25.0. The van der Waals surface area contributed by atoms with Crippen LogP contribution in [0.2, 0.25) is 0 Å². The van der Waals surface area contributed by atoms with Crippen LogP contribution in [0.3, 0.4) is 0 Å². The van der Waals surface area contributed by atoms with Gasteiger partial charge in [-0.1, -0.05) is 25.3 Å². The highest BCUT2D eigenvalue weighted by Crippen LogP contribution is 2.52. The third-order valence-corrected chi connectivity index (χ3v) is 6.85. The quantitative estimate of drug-likeness (QED) is 0.875. The number of ether oxygens (including phenoxy) is 2. The van der Waals surface area contributed by atoms with Gasteiger partial charge in [0.1, 0.15) is 11.4 Å². The highest BCUT2D eigenvalue weighted by atomic mass is 32.2.